The fraction of sp³-hybridized carbons (Fsp3) is 0.412. The van der Waals surface area contributed by atoms with Gasteiger partial charge in [-0.15, -0.1) is 0 Å². The predicted octanol–water partition coefficient (Wildman–Crippen LogP) is 3.77. The van der Waals surface area contributed by atoms with Gasteiger partial charge in [0.15, 0.2) is 0 Å². The fourth-order valence-corrected chi connectivity index (χ4v) is 3.08. The minimum Gasteiger partial charge on any atom is -0.497 e. The van der Waals surface area contributed by atoms with Crippen molar-refractivity contribution in [2.75, 3.05) is 20.2 Å². The zero-order valence-corrected chi connectivity index (χ0v) is 13.1. The molecule has 1 atom stereocenters. The molecule has 0 radical (unpaired) electrons. The summed E-state index contributed by atoms with van der Waals surface area (Å²) in [7, 11) is 1.71. The quantitative estimate of drug-likeness (QED) is 0.799. The molecule has 2 aromatic rings. The van der Waals surface area contributed by atoms with Crippen molar-refractivity contribution in [3.63, 3.8) is 0 Å². The van der Waals surface area contributed by atoms with Gasteiger partial charge in [-0.2, -0.15) is 11.3 Å². The molecule has 20 heavy (non-hydrogen) atoms. The van der Waals surface area contributed by atoms with Crippen LogP contribution in [0.5, 0.6) is 5.75 Å². The van der Waals surface area contributed by atoms with E-state index < -0.39 is 0 Å². The van der Waals surface area contributed by atoms with Crippen LogP contribution in [0.15, 0.2) is 41.1 Å². The third-order valence-electron chi connectivity index (χ3n) is 3.47. The van der Waals surface area contributed by atoms with E-state index in [1.807, 2.05) is 12.1 Å². The second-order valence-electron chi connectivity index (χ2n) is 5.06. The number of ether oxygens (including phenoxy) is 1. The van der Waals surface area contributed by atoms with Gasteiger partial charge in [-0.25, -0.2) is 0 Å². The second kappa shape index (κ2) is 8.08. The highest BCUT2D eigenvalue weighted by Gasteiger charge is 2.11. The second-order valence-corrected chi connectivity index (χ2v) is 5.84. The lowest BCUT2D eigenvalue weighted by Gasteiger charge is -2.17. The molecule has 2 nitrogen and oxygen atoms in total. The molecule has 2 rings (SSSR count). The van der Waals surface area contributed by atoms with Crippen molar-refractivity contribution in [1.29, 1.82) is 0 Å². The fourth-order valence-electron chi connectivity index (χ4n) is 2.40. The third kappa shape index (κ3) is 4.66. The van der Waals surface area contributed by atoms with Gasteiger partial charge in [0.1, 0.15) is 5.75 Å². The molecule has 1 aromatic carbocycles. The minimum atomic E-state index is 0.637. The highest BCUT2D eigenvalue weighted by Crippen LogP contribution is 2.18. The topological polar surface area (TPSA) is 21.3 Å². The molecule has 1 unspecified atom stereocenters. The Labute approximate surface area is 125 Å². The summed E-state index contributed by atoms with van der Waals surface area (Å²) in [6.07, 6.45) is 2.25. The average molecular weight is 289 g/mol. The predicted molar refractivity (Wildman–Crippen MR) is 86.8 cm³/mol. The van der Waals surface area contributed by atoms with Crippen molar-refractivity contribution >= 4 is 11.3 Å². The highest BCUT2D eigenvalue weighted by molar-refractivity contribution is 7.07. The van der Waals surface area contributed by atoms with Gasteiger partial charge >= 0.3 is 0 Å². The first-order valence-electron chi connectivity index (χ1n) is 7.16. The van der Waals surface area contributed by atoms with E-state index in [1.54, 1.807) is 18.4 Å². The lowest BCUT2D eigenvalue weighted by atomic mass is 9.93. The SMILES string of the molecule is CCNCC(Cc1ccc(OC)cc1)Cc1ccsc1. The number of benzene rings is 1. The highest BCUT2D eigenvalue weighted by atomic mass is 32.1. The molecular formula is C17H23NOS. The Morgan fingerprint density at radius 2 is 1.85 bits per heavy atom. The number of hydrogen-bond donors (Lipinski definition) is 1. The first-order chi connectivity index (χ1) is 9.81. The molecule has 1 heterocycles. The lowest BCUT2D eigenvalue weighted by Crippen LogP contribution is -2.25. The Balaban J connectivity index is 1.98. The number of rotatable bonds is 8. The molecule has 1 N–H and O–H groups in total. The van der Waals surface area contributed by atoms with E-state index in [9.17, 15) is 0 Å². The van der Waals surface area contributed by atoms with E-state index >= 15 is 0 Å². The molecule has 0 saturated heterocycles. The van der Waals surface area contributed by atoms with E-state index in [0.717, 1.165) is 31.7 Å². The molecular weight excluding hydrogens is 266 g/mol. The van der Waals surface area contributed by atoms with E-state index in [-0.39, 0.29) is 0 Å². The molecule has 0 aliphatic heterocycles. The lowest BCUT2D eigenvalue weighted by molar-refractivity contribution is 0.414. The van der Waals surface area contributed by atoms with Crippen LogP contribution in [0.2, 0.25) is 0 Å². The average Bonchev–Trinajstić information content (AvgIpc) is 2.98. The molecule has 0 amide bonds. The Morgan fingerprint density at radius 1 is 1.10 bits per heavy atom. The van der Waals surface area contributed by atoms with Crippen LogP contribution in [-0.2, 0) is 12.8 Å². The Morgan fingerprint density at radius 3 is 2.45 bits per heavy atom. The number of nitrogens with one attached hydrogen (secondary N) is 1. The molecule has 0 spiro atoms. The van der Waals surface area contributed by atoms with Gasteiger partial charge in [-0.3, -0.25) is 0 Å². The first kappa shape index (κ1) is 15.1. The standard InChI is InChI=1S/C17H23NOS/c1-3-18-12-16(11-15-8-9-20-13-15)10-14-4-6-17(19-2)7-5-14/h4-9,13,16,18H,3,10-12H2,1-2H3. The summed E-state index contributed by atoms with van der Waals surface area (Å²) in [5, 5.41) is 7.90. The van der Waals surface area contributed by atoms with Gasteiger partial charge < -0.3 is 10.1 Å². The summed E-state index contributed by atoms with van der Waals surface area (Å²) in [4.78, 5) is 0. The van der Waals surface area contributed by atoms with E-state index in [4.69, 9.17) is 4.74 Å². The summed E-state index contributed by atoms with van der Waals surface area (Å²) in [6, 6.07) is 10.7. The largest absolute Gasteiger partial charge is 0.497 e. The number of thiophene rings is 1. The molecule has 0 bridgehead atoms. The van der Waals surface area contributed by atoms with Crippen LogP contribution in [0, 0.1) is 5.92 Å². The van der Waals surface area contributed by atoms with Gasteiger partial charge in [-0.05, 0) is 71.9 Å². The molecule has 0 fully saturated rings. The molecule has 3 heteroatoms. The van der Waals surface area contributed by atoms with Crippen LogP contribution < -0.4 is 10.1 Å². The third-order valence-corrected chi connectivity index (χ3v) is 4.20. The van der Waals surface area contributed by atoms with E-state index in [0.29, 0.717) is 5.92 Å². The van der Waals surface area contributed by atoms with Crippen LogP contribution in [0.25, 0.3) is 0 Å². The van der Waals surface area contributed by atoms with Crippen LogP contribution in [0.1, 0.15) is 18.1 Å². The van der Waals surface area contributed by atoms with Gasteiger partial charge in [0.25, 0.3) is 0 Å². The summed E-state index contributed by atoms with van der Waals surface area (Å²) < 4.78 is 5.21. The summed E-state index contributed by atoms with van der Waals surface area (Å²) >= 11 is 1.78. The first-order valence-corrected chi connectivity index (χ1v) is 8.10. The van der Waals surface area contributed by atoms with Crippen molar-refractivity contribution < 1.29 is 4.74 Å². The van der Waals surface area contributed by atoms with Crippen molar-refractivity contribution in [2.45, 2.75) is 19.8 Å². The van der Waals surface area contributed by atoms with Crippen molar-refractivity contribution in [2.24, 2.45) is 5.92 Å². The minimum absolute atomic E-state index is 0.637. The monoisotopic (exact) mass is 289 g/mol. The van der Waals surface area contributed by atoms with Crippen LogP contribution in [0.3, 0.4) is 0 Å². The van der Waals surface area contributed by atoms with Crippen LogP contribution >= 0.6 is 11.3 Å². The van der Waals surface area contributed by atoms with Crippen LogP contribution in [0.4, 0.5) is 0 Å². The van der Waals surface area contributed by atoms with Gasteiger partial charge in [0.2, 0.25) is 0 Å². The molecule has 1 aromatic heterocycles. The normalized spacial score (nSPS) is 12.3. The van der Waals surface area contributed by atoms with Crippen molar-refractivity contribution in [3.8, 4) is 5.75 Å². The summed E-state index contributed by atoms with van der Waals surface area (Å²) in [6.45, 7) is 4.26. The summed E-state index contributed by atoms with van der Waals surface area (Å²) in [5.41, 5.74) is 2.83. The molecule has 0 aliphatic rings. The van der Waals surface area contributed by atoms with Crippen molar-refractivity contribution in [1.82, 2.24) is 5.32 Å². The maximum atomic E-state index is 5.21. The van der Waals surface area contributed by atoms with Gasteiger partial charge in [-0.1, -0.05) is 19.1 Å². The van der Waals surface area contributed by atoms with Gasteiger partial charge in [0.05, 0.1) is 7.11 Å². The number of methoxy groups -OCH3 is 1. The number of hydrogen-bond acceptors (Lipinski definition) is 3. The zero-order valence-electron chi connectivity index (χ0n) is 12.3. The Kier molecular flexibility index (Phi) is 6.09. The smallest absolute Gasteiger partial charge is 0.118 e. The van der Waals surface area contributed by atoms with E-state index in [1.165, 1.54) is 11.1 Å². The molecule has 0 aliphatic carbocycles. The molecule has 108 valence electrons. The molecule has 0 saturated carbocycles. The maximum absolute atomic E-state index is 5.21. The zero-order chi connectivity index (χ0) is 14.2. The summed E-state index contributed by atoms with van der Waals surface area (Å²) in [5.74, 6) is 1.56. The maximum Gasteiger partial charge on any atom is 0.118 e. The van der Waals surface area contributed by atoms with E-state index in [2.05, 4.69) is 41.2 Å². The van der Waals surface area contributed by atoms with Crippen LogP contribution in [-0.4, -0.2) is 20.2 Å². The van der Waals surface area contributed by atoms with Gasteiger partial charge in [0, 0.05) is 0 Å². The van der Waals surface area contributed by atoms with Crippen molar-refractivity contribution in [3.05, 3.63) is 52.2 Å². The Hall–Kier alpha value is -1.32. The Bertz CT molecular complexity index is 478.